The molecule has 2 aliphatic heterocycles. The normalized spacial score (nSPS) is 16.4. The van der Waals surface area contributed by atoms with Crippen molar-refractivity contribution in [3.63, 3.8) is 0 Å². The van der Waals surface area contributed by atoms with E-state index in [0.717, 1.165) is 103 Å². The van der Waals surface area contributed by atoms with E-state index in [2.05, 4.69) is 89.4 Å². The molecule has 0 saturated carbocycles. The topological polar surface area (TPSA) is 74.4 Å². The molecule has 0 spiro atoms. The fourth-order valence-electron chi connectivity index (χ4n) is 7.02. The molecule has 0 aromatic carbocycles. The number of aromatic nitrogens is 4. The molecule has 2 atom stereocenters. The highest BCUT2D eigenvalue weighted by atomic mass is 16.1. The van der Waals surface area contributed by atoms with Gasteiger partial charge in [0.05, 0.1) is 22.6 Å². The molecule has 0 saturated heterocycles. The Labute approximate surface area is 262 Å². The van der Waals surface area contributed by atoms with Gasteiger partial charge in [-0.1, -0.05) is 38.7 Å². The maximum atomic E-state index is 12.9. The molecule has 2 aliphatic rings. The van der Waals surface area contributed by atoms with Gasteiger partial charge in [0.15, 0.2) is 0 Å². The number of carbonyl (C=O) groups is 1. The van der Waals surface area contributed by atoms with Crippen molar-refractivity contribution in [2.24, 2.45) is 0 Å². The predicted molar refractivity (Wildman–Crippen MR) is 187 cm³/mol. The lowest BCUT2D eigenvalue weighted by Gasteiger charge is -2.18. The average molecular weight is 587 g/mol. The number of allylic oxidation sites excluding steroid dienone is 5. The highest BCUT2D eigenvalue weighted by Gasteiger charge is 2.32. The number of H-pyrrole nitrogens is 2. The van der Waals surface area contributed by atoms with Gasteiger partial charge < -0.3 is 9.97 Å². The molecule has 3 aromatic rings. The van der Waals surface area contributed by atoms with Gasteiger partial charge in [0.1, 0.15) is 5.78 Å². The maximum absolute atomic E-state index is 12.9. The second-order valence-corrected chi connectivity index (χ2v) is 12.8. The van der Waals surface area contributed by atoms with Crippen LogP contribution in [0.2, 0.25) is 0 Å². The number of rotatable bonds is 8. The van der Waals surface area contributed by atoms with E-state index in [-0.39, 0.29) is 17.6 Å². The summed E-state index contributed by atoms with van der Waals surface area (Å²) in [6.45, 7) is 29.3. The zero-order chi connectivity index (χ0) is 32.0. The van der Waals surface area contributed by atoms with Gasteiger partial charge in [-0.2, -0.15) is 0 Å². The zero-order valence-electron chi connectivity index (χ0n) is 27.7. The van der Waals surface area contributed by atoms with Gasteiger partial charge in [-0.25, -0.2) is 4.98 Å². The fourth-order valence-corrected chi connectivity index (χ4v) is 7.02. The van der Waals surface area contributed by atoms with E-state index in [1.807, 2.05) is 13.0 Å². The predicted octanol–water partition coefficient (Wildman–Crippen LogP) is 10.0. The summed E-state index contributed by atoms with van der Waals surface area (Å²) >= 11 is 0. The zero-order valence-corrected chi connectivity index (χ0v) is 27.7. The largest absolute Gasteiger partial charge is 0.355 e. The van der Waals surface area contributed by atoms with Crippen LogP contribution in [-0.2, 0) is 17.6 Å². The Kier molecular flexibility index (Phi) is 8.53. The minimum atomic E-state index is 0.105. The first-order valence-electron chi connectivity index (χ1n) is 15.8. The third kappa shape index (κ3) is 5.45. The Morgan fingerprint density at radius 3 is 2.25 bits per heavy atom. The number of carbonyl (C=O) groups excluding carboxylic acids is 1. The minimum absolute atomic E-state index is 0.105. The molecule has 228 valence electrons. The number of nitrogens with zero attached hydrogens (tertiary/aromatic N) is 2. The summed E-state index contributed by atoms with van der Waals surface area (Å²) in [5.41, 5.74) is 17.7. The van der Waals surface area contributed by atoms with Gasteiger partial charge in [-0.15, -0.1) is 6.58 Å². The molecule has 5 heteroatoms. The summed E-state index contributed by atoms with van der Waals surface area (Å²) in [7, 11) is 0. The number of hydrogen-bond acceptors (Lipinski definition) is 3. The number of Topliss-reactive ketones (excluding diaryl/α,β-unsaturated/α-hetero) is 1. The minimum Gasteiger partial charge on any atom is -0.355 e. The standard InChI is InChI=1S/C39H46N4O/c1-12-27-23(8)31-17-33-25(10)29(15-14-20(3)4)38(42-33)30(16-22(7)44)39-37(21(5)6)26(11)34(43-39)19-36-28(13-2)24(9)32(41-36)18-35(27)40-31/h12,17-19,25,29,41,43H,1,3,5,13-16H2,2,4,6-11H3/t25-,29-/m0/s1. The Hall–Kier alpha value is -4.25. The Morgan fingerprint density at radius 2 is 1.64 bits per heavy atom. The summed E-state index contributed by atoms with van der Waals surface area (Å²) in [6.07, 6.45) is 4.89. The maximum Gasteiger partial charge on any atom is 0.134 e. The van der Waals surface area contributed by atoms with Crippen LogP contribution in [0.1, 0.15) is 117 Å². The van der Waals surface area contributed by atoms with Crippen molar-refractivity contribution in [1.82, 2.24) is 19.9 Å². The van der Waals surface area contributed by atoms with Crippen molar-refractivity contribution in [2.45, 2.75) is 92.9 Å². The molecule has 0 amide bonds. The van der Waals surface area contributed by atoms with Crippen molar-refractivity contribution in [3.05, 3.63) is 100 Å². The van der Waals surface area contributed by atoms with Crippen LogP contribution in [0.25, 0.3) is 38.8 Å². The van der Waals surface area contributed by atoms with E-state index in [1.54, 1.807) is 6.92 Å². The Morgan fingerprint density at radius 1 is 0.932 bits per heavy atom. The van der Waals surface area contributed by atoms with Gasteiger partial charge in [0, 0.05) is 57.2 Å². The summed E-state index contributed by atoms with van der Waals surface area (Å²) in [4.78, 5) is 30.9. The first kappa shape index (κ1) is 31.2. The number of fused-ring (bicyclic) bond motifs is 8. The van der Waals surface area contributed by atoms with Crippen LogP contribution in [0.4, 0.5) is 0 Å². The molecule has 5 heterocycles. The molecular formula is C39H46N4O. The molecule has 5 rings (SSSR count). The molecule has 8 bridgehead atoms. The van der Waals surface area contributed by atoms with Crippen LogP contribution < -0.4 is 0 Å². The molecule has 0 radical (unpaired) electrons. The highest BCUT2D eigenvalue weighted by molar-refractivity contribution is 5.96. The van der Waals surface area contributed by atoms with Crippen LogP contribution >= 0.6 is 0 Å². The van der Waals surface area contributed by atoms with Crippen LogP contribution in [0.15, 0.2) is 49.6 Å². The Bertz CT molecular complexity index is 1930. The molecule has 44 heavy (non-hydrogen) atoms. The SMILES string of the molecule is C=CC1=C(C)c2cc3nc(c(CC(C)=O)c4[nH]c(cc5[nH]c(cc1n2)c(C)c5CC)c(C)c4C(=C)C)[C@@H](CCC(=C)C)[C@@H]3C. The highest BCUT2D eigenvalue weighted by Crippen LogP contribution is 2.44. The average Bonchev–Trinajstić information content (AvgIpc) is 3.63. The van der Waals surface area contributed by atoms with Gasteiger partial charge in [0.2, 0.25) is 0 Å². The second-order valence-electron chi connectivity index (χ2n) is 12.8. The van der Waals surface area contributed by atoms with Crippen molar-refractivity contribution < 1.29 is 4.79 Å². The van der Waals surface area contributed by atoms with E-state index in [9.17, 15) is 4.79 Å². The van der Waals surface area contributed by atoms with Crippen LogP contribution in [0, 0.1) is 13.8 Å². The first-order chi connectivity index (χ1) is 20.9. The van der Waals surface area contributed by atoms with Crippen molar-refractivity contribution in [3.8, 4) is 0 Å². The molecule has 0 fully saturated rings. The number of nitrogens with one attached hydrogen (secondary N) is 2. The lowest BCUT2D eigenvalue weighted by atomic mass is 9.84. The van der Waals surface area contributed by atoms with Crippen LogP contribution in [0.5, 0.6) is 0 Å². The van der Waals surface area contributed by atoms with Gasteiger partial charge in [0.25, 0.3) is 0 Å². The molecule has 5 nitrogen and oxygen atoms in total. The van der Waals surface area contributed by atoms with E-state index in [4.69, 9.17) is 9.97 Å². The van der Waals surface area contributed by atoms with Gasteiger partial charge >= 0.3 is 0 Å². The second kappa shape index (κ2) is 12.0. The van der Waals surface area contributed by atoms with E-state index in [1.165, 1.54) is 11.1 Å². The fraction of sp³-hybridized carbons (Fsp3) is 0.359. The lowest BCUT2D eigenvalue weighted by molar-refractivity contribution is -0.116. The number of aryl methyl sites for hydroxylation is 3. The first-order valence-corrected chi connectivity index (χ1v) is 15.8. The quantitative estimate of drug-likeness (QED) is 0.258. The van der Waals surface area contributed by atoms with Crippen LogP contribution in [-0.4, -0.2) is 25.7 Å². The number of aromatic amines is 2. The van der Waals surface area contributed by atoms with Crippen LogP contribution in [0.3, 0.4) is 0 Å². The van der Waals surface area contributed by atoms with Crippen molar-refractivity contribution in [1.29, 1.82) is 0 Å². The van der Waals surface area contributed by atoms with Crippen molar-refractivity contribution in [2.75, 3.05) is 0 Å². The third-order valence-corrected chi connectivity index (χ3v) is 9.47. The van der Waals surface area contributed by atoms with E-state index < -0.39 is 0 Å². The molecular weight excluding hydrogens is 540 g/mol. The van der Waals surface area contributed by atoms with Gasteiger partial charge in [-0.3, -0.25) is 9.78 Å². The lowest BCUT2D eigenvalue weighted by Crippen LogP contribution is -2.08. The summed E-state index contributed by atoms with van der Waals surface area (Å²) < 4.78 is 0. The Balaban J connectivity index is 2.04. The van der Waals surface area contributed by atoms with E-state index in [0.29, 0.717) is 6.42 Å². The summed E-state index contributed by atoms with van der Waals surface area (Å²) in [5.74, 6) is 0.388. The third-order valence-electron chi connectivity index (χ3n) is 9.47. The monoisotopic (exact) mass is 586 g/mol. The molecule has 3 aromatic heterocycles. The molecule has 0 unspecified atom stereocenters. The molecule has 0 aliphatic carbocycles. The number of hydrogen-bond donors (Lipinski definition) is 2. The smallest absolute Gasteiger partial charge is 0.134 e. The molecule has 2 N–H and O–H groups in total. The summed E-state index contributed by atoms with van der Waals surface area (Å²) in [5, 5.41) is 0. The van der Waals surface area contributed by atoms with Crippen molar-refractivity contribution >= 4 is 44.6 Å². The number of ketones is 1. The van der Waals surface area contributed by atoms with E-state index >= 15 is 0 Å². The summed E-state index contributed by atoms with van der Waals surface area (Å²) in [6, 6.07) is 6.50. The van der Waals surface area contributed by atoms with Gasteiger partial charge in [-0.05, 0) is 107 Å².